The molecule has 0 bridgehead atoms. The molecule has 8 nitrogen and oxygen atoms in total. The Morgan fingerprint density at radius 2 is 1.60 bits per heavy atom. The van der Waals surface area contributed by atoms with Gasteiger partial charge in [-0.25, -0.2) is 14.6 Å². The third kappa shape index (κ3) is 6.24. The number of aliphatic carboxylic acids is 1. The molecule has 40 heavy (non-hydrogen) atoms. The van der Waals surface area contributed by atoms with Crippen LogP contribution < -0.4 is 15.5 Å². The van der Waals surface area contributed by atoms with E-state index in [9.17, 15) is 14.7 Å². The van der Waals surface area contributed by atoms with E-state index in [2.05, 4.69) is 20.6 Å². The van der Waals surface area contributed by atoms with Crippen LogP contribution in [0.3, 0.4) is 0 Å². The Balaban J connectivity index is 1.25. The number of anilines is 3. The quantitative estimate of drug-likeness (QED) is 0.222. The number of carbonyl (C=O) groups excluding carboxylic acids is 1. The molecule has 3 N–H and O–H groups in total. The molecule has 2 heterocycles. The van der Waals surface area contributed by atoms with Crippen molar-refractivity contribution in [3.05, 3.63) is 126 Å². The Kier molecular flexibility index (Phi) is 7.97. The zero-order chi connectivity index (χ0) is 27.9. The van der Waals surface area contributed by atoms with Crippen LogP contribution in [0.4, 0.5) is 22.0 Å². The van der Waals surface area contributed by atoms with E-state index >= 15 is 0 Å². The molecule has 0 aliphatic rings. The minimum Gasteiger partial charge on any atom is -0.480 e. The standard InChI is InChI=1S/C32H29N5O3/c1-37(29-10-6-5-9-25(29)19-22-7-3-2-4-8-22)32(40)36-28(31(38)39)20-23-11-13-26(14-12-23)35-30-27-21-33-17-15-24(27)16-18-34-30/h2-18,21,28H,19-20H2,1H3,(H,34,35)(H,36,40)(H,38,39). The summed E-state index contributed by atoms with van der Waals surface area (Å²) in [4.78, 5) is 35.3. The van der Waals surface area contributed by atoms with E-state index in [1.807, 2.05) is 91.0 Å². The fourth-order valence-electron chi connectivity index (χ4n) is 4.56. The second kappa shape index (κ2) is 12.1. The first kappa shape index (κ1) is 26.4. The van der Waals surface area contributed by atoms with E-state index in [1.54, 1.807) is 25.6 Å². The van der Waals surface area contributed by atoms with Gasteiger partial charge in [-0.3, -0.25) is 9.88 Å². The summed E-state index contributed by atoms with van der Waals surface area (Å²) in [7, 11) is 1.65. The molecule has 3 aromatic carbocycles. The summed E-state index contributed by atoms with van der Waals surface area (Å²) in [6.45, 7) is 0. The number of nitrogens with one attached hydrogen (secondary N) is 2. The van der Waals surface area contributed by atoms with Crippen molar-refractivity contribution in [3.63, 3.8) is 0 Å². The van der Waals surface area contributed by atoms with Crippen LogP contribution in [0.15, 0.2) is 110 Å². The molecule has 0 radical (unpaired) electrons. The number of hydrogen-bond donors (Lipinski definition) is 3. The topological polar surface area (TPSA) is 107 Å². The molecule has 2 aromatic heterocycles. The Labute approximate surface area is 232 Å². The molecule has 1 unspecified atom stereocenters. The maximum atomic E-state index is 13.1. The highest BCUT2D eigenvalue weighted by Crippen LogP contribution is 2.25. The molecule has 0 aliphatic carbocycles. The third-order valence-corrected chi connectivity index (χ3v) is 6.71. The average Bonchev–Trinajstić information content (AvgIpc) is 2.98. The molecule has 200 valence electrons. The smallest absolute Gasteiger partial charge is 0.326 e. The molecule has 0 spiro atoms. The molecule has 0 saturated carbocycles. The van der Waals surface area contributed by atoms with Crippen LogP contribution in [0.5, 0.6) is 0 Å². The fraction of sp³-hybridized carbons (Fsp3) is 0.125. The van der Waals surface area contributed by atoms with Crippen LogP contribution in [-0.4, -0.2) is 40.2 Å². The number of carboxylic acids is 1. The van der Waals surface area contributed by atoms with Gasteiger partial charge in [0.1, 0.15) is 11.9 Å². The zero-order valence-electron chi connectivity index (χ0n) is 22.0. The summed E-state index contributed by atoms with van der Waals surface area (Å²) in [5.41, 5.74) is 4.40. The molecule has 0 saturated heterocycles. The van der Waals surface area contributed by atoms with Gasteiger partial charge < -0.3 is 15.7 Å². The zero-order valence-corrected chi connectivity index (χ0v) is 22.0. The van der Waals surface area contributed by atoms with Gasteiger partial charge in [0.25, 0.3) is 0 Å². The van der Waals surface area contributed by atoms with Crippen molar-refractivity contribution in [3.8, 4) is 0 Å². The molecule has 5 aromatic rings. The monoisotopic (exact) mass is 531 g/mol. The number of hydrogen-bond acceptors (Lipinski definition) is 5. The number of aromatic nitrogens is 2. The highest BCUT2D eigenvalue weighted by molar-refractivity contribution is 5.95. The predicted molar refractivity (Wildman–Crippen MR) is 157 cm³/mol. The number of para-hydroxylation sites is 1. The van der Waals surface area contributed by atoms with Crippen LogP contribution in [0.25, 0.3) is 10.8 Å². The maximum absolute atomic E-state index is 13.1. The van der Waals surface area contributed by atoms with Gasteiger partial charge >= 0.3 is 12.0 Å². The summed E-state index contributed by atoms with van der Waals surface area (Å²) in [5.74, 6) is -0.418. The normalized spacial score (nSPS) is 11.5. The molecule has 0 fully saturated rings. The van der Waals surface area contributed by atoms with E-state index in [0.29, 0.717) is 12.2 Å². The van der Waals surface area contributed by atoms with Crippen molar-refractivity contribution in [1.29, 1.82) is 0 Å². The molecular formula is C32H29N5O3. The number of carbonyl (C=O) groups is 2. The minimum atomic E-state index is -1.10. The molecule has 8 heteroatoms. The van der Waals surface area contributed by atoms with Crippen LogP contribution >= 0.6 is 0 Å². The van der Waals surface area contributed by atoms with Gasteiger partial charge in [-0.2, -0.15) is 0 Å². The highest BCUT2D eigenvalue weighted by Gasteiger charge is 2.24. The Morgan fingerprint density at radius 1 is 0.875 bits per heavy atom. The van der Waals surface area contributed by atoms with E-state index in [0.717, 1.165) is 38.8 Å². The number of urea groups is 1. The van der Waals surface area contributed by atoms with Gasteiger partial charge in [-0.05, 0) is 58.8 Å². The largest absolute Gasteiger partial charge is 0.480 e. The van der Waals surface area contributed by atoms with Gasteiger partial charge in [-0.1, -0.05) is 60.7 Å². The van der Waals surface area contributed by atoms with Gasteiger partial charge in [-0.15, -0.1) is 0 Å². The Hall–Kier alpha value is -5.24. The fourth-order valence-corrected chi connectivity index (χ4v) is 4.56. The first-order valence-corrected chi connectivity index (χ1v) is 12.9. The molecule has 2 amide bonds. The summed E-state index contributed by atoms with van der Waals surface area (Å²) in [5, 5.41) is 17.8. The number of rotatable bonds is 9. The highest BCUT2D eigenvalue weighted by atomic mass is 16.4. The van der Waals surface area contributed by atoms with E-state index in [-0.39, 0.29) is 6.42 Å². The van der Waals surface area contributed by atoms with Crippen LogP contribution in [0, 0.1) is 0 Å². The van der Waals surface area contributed by atoms with Crippen molar-refractivity contribution in [1.82, 2.24) is 15.3 Å². The van der Waals surface area contributed by atoms with Crippen molar-refractivity contribution >= 4 is 40.0 Å². The van der Waals surface area contributed by atoms with Crippen LogP contribution in [0.1, 0.15) is 16.7 Å². The lowest BCUT2D eigenvalue weighted by molar-refractivity contribution is -0.139. The van der Waals surface area contributed by atoms with Crippen molar-refractivity contribution in [2.75, 3.05) is 17.3 Å². The average molecular weight is 532 g/mol. The van der Waals surface area contributed by atoms with Gasteiger partial charge in [0, 0.05) is 48.8 Å². The minimum absolute atomic E-state index is 0.136. The van der Waals surface area contributed by atoms with Gasteiger partial charge in [0.05, 0.1) is 0 Å². The van der Waals surface area contributed by atoms with Crippen LogP contribution in [-0.2, 0) is 17.6 Å². The molecule has 1 atom stereocenters. The number of carboxylic acid groups (broad SMARTS) is 1. The van der Waals surface area contributed by atoms with Crippen LogP contribution in [0.2, 0.25) is 0 Å². The number of amides is 2. The number of fused-ring (bicyclic) bond motifs is 1. The van der Waals surface area contributed by atoms with Gasteiger partial charge in [0.2, 0.25) is 0 Å². The lowest BCUT2D eigenvalue weighted by Gasteiger charge is -2.24. The molecular weight excluding hydrogens is 502 g/mol. The van der Waals surface area contributed by atoms with Crippen molar-refractivity contribution < 1.29 is 14.7 Å². The first-order valence-electron chi connectivity index (χ1n) is 12.9. The summed E-state index contributed by atoms with van der Waals surface area (Å²) in [6, 6.07) is 27.3. The van der Waals surface area contributed by atoms with E-state index in [4.69, 9.17) is 0 Å². The number of pyridine rings is 2. The van der Waals surface area contributed by atoms with E-state index < -0.39 is 18.0 Å². The lowest BCUT2D eigenvalue weighted by Crippen LogP contribution is -2.48. The number of nitrogens with zero attached hydrogens (tertiary/aromatic N) is 3. The second-order valence-corrected chi connectivity index (χ2v) is 9.47. The third-order valence-electron chi connectivity index (χ3n) is 6.71. The molecule has 0 aliphatic heterocycles. The summed E-state index contributed by atoms with van der Waals surface area (Å²) < 4.78 is 0. The number of benzene rings is 3. The second-order valence-electron chi connectivity index (χ2n) is 9.47. The predicted octanol–water partition coefficient (Wildman–Crippen LogP) is 5.81. The van der Waals surface area contributed by atoms with Crippen molar-refractivity contribution in [2.24, 2.45) is 0 Å². The summed E-state index contributed by atoms with van der Waals surface area (Å²) in [6.07, 6.45) is 6.02. The molecule has 5 rings (SSSR count). The Bertz CT molecular complexity index is 1620. The van der Waals surface area contributed by atoms with E-state index in [1.165, 1.54) is 4.90 Å². The summed E-state index contributed by atoms with van der Waals surface area (Å²) >= 11 is 0. The van der Waals surface area contributed by atoms with Crippen molar-refractivity contribution in [2.45, 2.75) is 18.9 Å². The Morgan fingerprint density at radius 3 is 2.38 bits per heavy atom. The maximum Gasteiger partial charge on any atom is 0.326 e. The lowest BCUT2D eigenvalue weighted by atomic mass is 10.0. The first-order chi connectivity index (χ1) is 19.5. The SMILES string of the molecule is CN(C(=O)NC(Cc1ccc(Nc2nccc3ccncc23)cc1)C(=O)O)c1ccccc1Cc1ccccc1. The van der Waals surface area contributed by atoms with Gasteiger partial charge in [0.15, 0.2) is 0 Å².